The summed E-state index contributed by atoms with van der Waals surface area (Å²) in [7, 11) is 0. The zero-order valence-electron chi connectivity index (χ0n) is 9.41. The van der Waals surface area contributed by atoms with Crippen LogP contribution in [0.1, 0.15) is 11.3 Å². The lowest BCUT2D eigenvalue weighted by Gasteiger charge is -1.99. The zero-order chi connectivity index (χ0) is 12.0. The van der Waals surface area contributed by atoms with Gasteiger partial charge in [-0.15, -0.1) is 11.3 Å². The molecule has 86 valence electrons. The maximum absolute atomic E-state index is 6.23. The third kappa shape index (κ3) is 1.64. The molecule has 0 spiro atoms. The molecule has 0 bridgehead atoms. The van der Waals surface area contributed by atoms with Crippen LogP contribution in [0.5, 0.6) is 0 Å². The highest BCUT2D eigenvalue weighted by molar-refractivity contribution is 7.13. The van der Waals surface area contributed by atoms with Gasteiger partial charge in [-0.1, -0.05) is 17.7 Å². The number of H-pyrrole nitrogens is 1. The summed E-state index contributed by atoms with van der Waals surface area (Å²) in [6.45, 7) is 4.03. The van der Waals surface area contributed by atoms with E-state index in [-0.39, 0.29) is 0 Å². The van der Waals surface area contributed by atoms with Crippen molar-refractivity contribution in [1.82, 2.24) is 15.0 Å². The molecule has 3 aromatic heterocycles. The van der Waals surface area contributed by atoms with Gasteiger partial charge in [-0.05, 0) is 30.9 Å². The van der Waals surface area contributed by atoms with Crippen molar-refractivity contribution < 1.29 is 0 Å². The van der Waals surface area contributed by atoms with E-state index >= 15 is 0 Å². The summed E-state index contributed by atoms with van der Waals surface area (Å²) >= 11 is 7.84. The Morgan fingerprint density at radius 1 is 1.29 bits per heavy atom. The van der Waals surface area contributed by atoms with E-state index < -0.39 is 0 Å². The number of nitrogens with one attached hydrogen (secondary N) is 1. The highest BCUT2D eigenvalue weighted by Gasteiger charge is 2.13. The van der Waals surface area contributed by atoms with E-state index in [9.17, 15) is 0 Å². The summed E-state index contributed by atoms with van der Waals surface area (Å²) in [6, 6.07) is 3.97. The number of fused-ring (bicyclic) bond motifs is 1. The molecule has 0 aliphatic heterocycles. The van der Waals surface area contributed by atoms with Crippen molar-refractivity contribution in [3.05, 3.63) is 33.9 Å². The van der Waals surface area contributed by atoms with Crippen molar-refractivity contribution in [2.45, 2.75) is 13.8 Å². The van der Waals surface area contributed by atoms with E-state index in [0.29, 0.717) is 11.0 Å². The lowest BCUT2D eigenvalue weighted by molar-refractivity contribution is 1.19. The average Bonchev–Trinajstić information content (AvgIpc) is 2.88. The molecule has 3 rings (SSSR count). The predicted octanol–water partition coefficient (Wildman–Crippen LogP) is 3.96. The molecular weight excluding hydrogens is 254 g/mol. The Balaban J connectivity index is 2.32. The lowest BCUT2D eigenvalue weighted by Crippen LogP contribution is -1.89. The minimum Gasteiger partial charge on any atom is -0.343 e. The molecule has 0 saturated heterocycles. The van der Waals surface area contributed by atoms with Crippen molar-refractivity contribution in [2.24, 2.45) is 0 Å². The van der Waals surface area contributed by atoms with Crippen LogP contribution in [-0.4, -0.2) is 15.0 Å². The summed E-state index contributed by atoms with van der Waals surface area (Å²) in [5.41, 5.74) is 3.01. The highest BCUT2D eigenvalue weighted by Crippen LogP contribution is 2.30. The summed E-state index contributed by atoms with van der Waals surface area (Å²) in [4.78, 5) is 13.1. The fraction of sp³-hybridized carbons (Fsp3) is 0.167. The van der Waals surface area contributed by atoms with Gasteiger partial charge in [-0.2, -0.15) is 0 Å². The van der Waals surface area contributed by atoms with E-state index in [1.54, 1.807) is 11.3 Å². The molecule has 3 nitrogen and oxygen atoms in total. The second-order valence-electron chi connectivity index (χ2n) is 3.91. The Bertz CT molecular complexity index is 685. The Morgan fingerprint density at radius 2 is 2.12 bits per heavy atom. The van der Waals surface area contributed by atoms with E-state index in [1.807, 2.05) is 31.4 Å². The van der Waals surface area contributed by atoms with Gasteiger partial charge in [-0.25, -0.2) is 9.97 Å². The largest absolute Gasteiger partial charge is 0.343 e. The summed E-state index contributed by atoms with van der Waals surface area (Å²) in [5, 5.41) is 3.44. The highest BCUT2D eigenvalue weighted by atomic mass is 35.5. The Hall–Kier alpha value is -1.39. The van der Waals surface area contributed by atoms with E-state index in [4.69, 9.17) is 11.6 Å². The normalized spacial score (nSPS) is 11.2. The van der Waals surface area contributed by atoms with Crippen LogP contribution in [0.15, 0.2) is 17.5 Å². The first-order valence-corrected chi connectivity index (χ1v) is 6.49. The first-order valence-electron chi connectivity index (χ1n) is 5.23. The standard InChI is InChI=1S/C12H10ClN3S/c1-6-7(2)14-12-9(6)10(13)15-11(16-12)8-4-3-5-17-8/h3-5H,1-2H3,(H,14,15,16). The number of aromatic amines is 1. The van der Waals surface area contributed by atoms with Crippen molar-refractivity contribution in [2.75, 3.05) is 0 Å². The van der Waals surface area contributed by atoms with Crippen molar-refractivity contribution in [3.63, 3.8) is 0 Å². The fourth-order valence-electron chi connectivity index (χ4n) is 1.83. The number of rotatable bonds is 1. The molecule has 0 amide bonds. The number of halogens is 1. The van der Waals surface area contributed by atoms with Crippen LogP contribution in [-0.2, 0) is 0 Å². The van der Waals surface area contributed by atoms with Crippen molar-refractivity contribution in [1.29, 1.82) is 0 Å². The maximum atomic E-state index is 6.23. The topological polar surface area (TPSA) is 41.6 Å². The quantitative estimate of drug-likeness (QED) is 0.675. The predicted molar refractivity (Wildman–Crippen MR) is 71.7 cm³/mol. The van der Waals surface area contributed by atoms with Gasteiger partial charge in [0.25, 0.3) is 0 Å². The van der Waals surface area contributed by atoms with Crippen LogP contribution in [0.25, 0.3) is 21.7 Å². The number of nitrogens with zero attached hydrogens (tertiary/aromatic N) is 2. The Labute approximate surface area is 107 Å². The summed E-state index contributed by atoms with van der Waals surface area (Å²) in [5.74, 6) is 0.679. The summed E-state index contributed by atoms with van der Waals surface area (Å²) < 4.78 is 0. The minimum atomic E-state index is 0.514. The Morgan fingerprint density at radius 3 is 2.82 bits per heavy atom. The second-order valence-corrected chi connectivity index (χ2v) is 5.22. The SMILES string of the molecule is Cc1[nH]c2nc(-c3cccs3)nc(Cl)c2c1C. The summed E-state index contributed by atoms with van der Waals surface area (Å²) in [6.07, 6.45) is 0. The molecule has 17 heavy (non-hydrogen) atoms. The molecular formula is C12H10ClN3S. The van der Waals surface area contributed by atoms with Gasteiger partial charge in [-0.3, -0.25) is 0 Å². The first-order chi connectivity index (χ1) is 8.16. The van der Waals surface area contributed by atoms with E-state index in [0.717, 1.165) is 27.2 Å². The van der Waals surface area contributed by atoms with Crippen LogP contribution < -0.4 is 0 Å². The van der Waals surface area contributed by atoms with Crippen LogP contribution in [0.3, 0.4) is 0 Å². The second kappa shape index (κ2) is 3.82. The van der Waals surface area contributed by atoms with E-state index in [1.165, 1.54) is 0 Å². The molecule has 0 saturated carbocycles. The minimum absolute atomic E-state index is 0.514. The van der Waals surface area contributed by atoms with Crippen LogP contribution in [0.2, 0.25) is 5.15 Å². The maximum Gasteiger partial charge on any atom is 0.173 e. The van der Waals surface area contributed by atoms with Gasteiger partial charge >= 0.3 is 0 Å². The molecule has 3 heterocycles. The monoisotopic (exact) mass is 263 g/mol. The van der Waals surface area contributed by atoms with Gasteiger partial charge in [0, 0.05) is 5.69 Å². The number of hydrogen-bond donors (Lipinski definition) is 1. The zero-order valence-corrected chi connectivity index (χ0v) is 11.0. The third-order valence-electron chi connectivity index (χ3n) is 2.85. The molecule has 3 aromatic rings. The van der Waals surface area contributed by atoms with Gasteiger partial charge in [0.15, 0.2) is 5.82 Å². The molecule has 0 aromatic carbocycles. The number of thiophene rings is 1. The van der Waals surface area contributed by atoms with Crippen molar-refractivity contribution >= 4 is 34.0 Å². The third-order valence-corrected chi connectivity index (χ3v) is 3.99. The molecule has 1 N–H and O–H groups in total. The van der Waals surface area contributed by atoms with Crippen molar-refractivity contribution in [3.8, 4) is 10.7 Å². The molecule has 0 atom stereocenters. The van der Waals surface area contributed by atoms with Gasteiger partial charge in [0.1, 0.15) is 10.8 Å². The van der Waals surface area contributed by atoms with E-state index in [2.05, 4.69) is 15.0 Å². The van der Waals surface area contributed by atoms with Gasteiger partial charge in [0.2, 0.25) is 0 Å². The number of aryl methyl sites for hydroxylation is 2. The fourth-order valence-corrected chi connectivity index (χ4v) is 2.80. The molecule has 0 aliphatic rings. The molecule has 0 unspecified atom stereocenters. The van der Waals surface area contributed by atoms with Gasteiger partial charge in [0.05, 0.1) is 10.3 Å². The number of hydrogen-bond acceptors (Lipinski definition) is 3. The van der Waals surface area contributed by atoms with Gasteiger partial charge < -0.3 is 4.98 Å². The molecule has 0 fully saturated rings. The Kier molecular flexibility index (Phi) is 2.42. The van der Waals surface area contributed by atoms with Crippen LogP contribution in [0.4, 0.5) is 0 Å². The molecule has 0 radical (unpaired) electrons. The van der Waals surface area contributed by atoms with Crippen LogP contribution in [0, 0.1) is 13.8 Å². The molecule has 5 heteroatoms. The first kappa shape index (κ1) is 10.7. The van der Waals surface area contributed by atoms with Crippen LogP contribution >= 0.6 is 22.9 Å². The molecule has 0 aliphatic carbocycles. The smallest absolute Gasteiger partial charge is 0.173 e. The number of aromatic nitrogens is 3. The average molecular weight is 264 g/mol. The lowest BCUT2D eigenvalue weighted by atomic mass is 10.2.